The number of halogens is 2. The van der Waals surface area contributed by atoms with E-state index >= 15 is 0 Å². The van der Waals surface area contributed by atoms with E-state index in [9.17, 15) is 4.39 Å². The zero-order valence-corrected chi connectivity index (χ0v) is 12.2. The summed E-state index contributed by atoms with van der Waals surface area (Å²) < 4.78 is 14.1. The molecule has 106 valence electrons. The van der Waals surface area contributed by atoms with E-state index in [0.717, 1.165) is 10.9 Å². The molecule has 3 aromatic rings. The summed E-state index contributed by atoms with van der Waals surface area (Å²) in [5.74, 6) is -0.321. The lowest BCUT2D eigenvalue weighted by Gasteiger charge is -2.14. The van der Waals surface area contributed by atoms with Crippen LogP contribution in [0.15, 0.2) is 48.5 Å². The van der Waals surface area contributed by atoms with Gasteiger partial charge in [0, 0.05) is 17.0 Å². The highest BCUT2D eigenvalue weighted by Crippen LogP contribution is 2.32. The summed E-state index contributed by atoms with van der Waals surface area (Å²) in [6.07, 6.45) is 0. The minimum Gasteiger partial charge on any atom is -0.324 e. The van der Waals surface area contributed by atoms with E-state index in [1.807, 2.05) is 25.1 Å². The maximum absolute atomic E-state index is 14.1. The van der Waals surface area contributed by atoms with Crippen molar-refractivity contribution in [1.29, 1.82) is 0 Å². The topological polar surface area (TPSA) is 38.9 Å². The highest BCUT2D eigenvalue weighted by molar-refractivity contribution is 6.35. The van der Waals surface area contributed by atoms with Crippen LogP contribution in [0.25, 0.3) is 22.2 Å². The minimum absolute atomic E-state index is 0.254. The Hall–Kier alpha value is -1.97. The normalized spacial score (nSPS) is 12.6. The van der Waals surface area contributed by atoms with Crippen LogP contribution in [0.4, 0.5) is 4.39 Å². The first-order chi connectivity index (χ1) is 10.1. The third-order valence-electron chi connectivity index (χ3n) is 3.45. The van der Waals surface area contributed by atoms with Crippen LogP contribution in [0.2, 0.25) is 5.02 Å². The van der Waals surface area contributed by atoms with Crippen molar-refractivity contribution in [3.05, 3.63) is 64.9 Å². The first kappa shape index (κ1) is 14.0. The zero-order chi connectivity index (χ0) is 15.0. The molecule has 2 aromatic carbocycles. The highest BCUT2D eigenvalue weighted by Gasteiger charge is 2.16. The van der Waals surface area contributed by atoms with Gasteiger partial charge in [-0.3, -0.25) is 0 Å². The summed E-state index contributed by atoms with van der Waals surface area (Å²) >= 11 is 6.20. The molecule has 1 heterocycles. The Kier molecular flexibility index (Phi) is 3.62. The first-order valence-corrected chi connectivity index (χ1v) is 7.05. The molecule has 0 bridgehead atoms. The van der Waals surface area contributed by atoms with Crippen molar-refractivity contribution in [2.24, 2.45) is 5.73 Å². The number of fused-ring (bicyclic) bond motifs is 1. The average molecular weight is 301 g/mol. The summed E-state index contributed by atoms with van der Waals surface area (Å²) in [6.45, 7) is 1.86. The molecule has 0 aliphatic heterocycles. The van der Waals surface area contributed by atoms with Gasteiger partial charge in [0.15, 0.2) is 0 Å². The largest absolute Gasteiger partial charge is 0.324 e. The first-order valence-electron chi connectivity index (χ1n) is 6.67. The Bertz CT molecular complexity index is 815. The Balaban J connectivity index is 2.37. The van der Waals surface area contributed by atoms with Gasteiger partial charge in [-0.1, -0.05) is 35.9 Å². The van der Waals surface area contributed by atoms with Crippen LogP contribution in [0.1, 0.15) is 18.5 Å². The van der Waals surface area contributed by atoms with Gasteiger partial charge in [-0.05, 0) is 36.8 Å². The van der Waals surface area contributed by atoms with Crippen LogP contribution in [0.3, 0.4) is 0 Å². The SMILES string of the molecule is C[C@H](N)c1cc2cccc(Cl)c2nc1-c1ccccc1F. The Morgan fingerprint density at radius 2 is 1.90 bits per heavy atom. The molecule has 0 radical (unpaired) electrons. The number of rotatable bonds is 2. The molecule has 3 rings (SSSR count). The number of para-hydroxylation sites is 1. The van der Waals surface area contributed by atoms with Crippen molar-refractivity contribution in [2.75, 3.05) is 0 Å². The van der Waals surface area contributed by atoms with E-state index < -0.39 is 0 Å². The fourth-order valence-electron chi connectivity index (χ4n) is 2.39. The van der Waals surface area contributed by atoms with Gasteiger partial charge in [-0.2, -0.15) is 0 Å². The molecule has 0 aliphatic rings. The van der Waals surface area contributed by atoms with Crippen LogP contribution < -0.4 is 5.73 Å². The Morgan fingerprint density at radius 1 is 1.14 bits per heavy atom. The summed E-state index contributed by atoms with van der Waals surface area (Å²) in [6, 6.07) is 13.8. The number of hydrogen-bond acceptors (Lipinski definition) is 2. The van der Waals surface area contributed by atoms with E-state index in [-0.39, 0.29) is 11.9 Å². The van der Waals surface area contributed by atoms with Gasteiger partial charge in [0.1, 0.15) is 5.82 Å². The number of benzene rings is 2. The van der Waals surface area contributed by atoms with Gasteiger partial charge in [-0.25, -0.2) is 9.37 Å². The van der Waals surface area contributed by atoms with E-state index in [1.54, 1.807) is 24.3 Å². The molecule has 0 unspecified atom stereocenters. The fraction of sp³-hybridized carbons (Fsp3) is 0.118. The third-order valence-corrected chi connectivity index (χ3v) is 3.75. The molecule has 0 amide bonds. The maximum Gasteiger partial charge on any atom is 0.132 e. The molecule has 2 N–H and O–H groups in total. The van der Waals surface area contributed by atoms with E-state index in [1.165, 1.54) is 6.07 Å². The summed E-state index contributed by atoms with van der Waals surface area (Å²) in [4.78, 5) is 4.58. The van der Waals surface area contributed by atoms with Gasteiger partial charge in [0.2, 0.25) is 0 Å². The highest BCUT2D eigenvalue weighted by atomic mass is 35.5. The van der Waals surface area contributed by atoms with Crippen LogP contribution in [0, 0.1) is 5.82 Å². The number of hydrogen-bond donors (Lipinski definition) is 1. The second-order valence-electron chi connectivity index (χ2n) is 5.01. The predicted molar refractivity (Wildman–Crippen MR) is 84.7 cm³/mol. The van der Waals surface area contributed by atoms with Crippen LogP contribution in [-0.4, -0.2) is 4.98 Å². The number of nitrogens with zero attached hydrogens (tertiary/aromatic N) is 1. The molecular formula is C17H14ClFN2. The maximum atomic E-state index is 14.1. The van der Waals surface area contributed by atoms with Gasteiger partial charge < -0.3 is 5.73 Å². The third kappa shape index (κ3) is 2.50. The molecule has 4 heteroatoms. The van der Waals surface area contributed by atoms with Gasteiger partial charge in [0.05, 0.1) is 16.2 Å². The number of nitrogens with two attached hydrogens (primary N) is 1. The van der Waals surface area contributed by atoms with Crippen molar-refractivity contribution >= 4 is 22.5 Å². The van der Waals surface area contributed by atoms with Gasteiger partial charge in [-0.15, -0.1) is 0 Å². The molecule has 0 saturated heterocycles. The summed E-state index contributed by atoms with van der Waals surface area (Å²) in [5.41, 5.74) is 8.47. The molecule has 1 aromatic heterocycles. The summed E-state index contributed by atoms with van der Waals surface area (Å²) in [5, 5.41) is 1.44. The molecular weight excluding hydrogens is 287 g/mol. The smallest absolute Gasteiger partial charge is 0.132 e. The fourth-order valence-corrected chi connectivity index (χ4v) is 2.62. The standard InChI is InChI=1S/C17H14ClFN2/c1-10(20)13-9-11-5-4-7-14(18)16(11)21-17(13)12-6-2-3-8-15(12)19/h2-10H,20H2,1H3/t10-/m0/s1. The van der Waals surface area contributed by atoms with Crippen LogP contribution in [-0.2, 0) is 0 Å². The van der Waals surface area contributed by atoms with Gasteiger partial charge >= 0.3 is 0 Å². The molecule has 2 nitrogen and oxygen atoms in total. The molecule has 0 fully saturated rings. The summed E-state index contributed by atoms with van der Waals surface area (Å²) in [7, 11) is 0. The van der Waals surface area contributed by atoms with Gasteiger partial charge in [0.25, 0.3) is 0 Å². The van der Waals surface area contributed by atoms with Crippen LogP contribution in [0.5, 0.6) is 0 Å². The van der Waals surface area contributed by atoms with Crippen molar-refractivity contribution in [3.63, 3.8) is 0 Å². The molecule has 0 spiro atoms. The second-order valence-corrected chi connectivity index (χ2v) is 5.41. The van der Waals surface area contributed by atoms with Crippen molar-refractivity contribution in [3.8, 4) is 11.3 Å². The van der Waals surface area contributed by atoms with Crippen molar-refractivity contribution in [2.45, 2.75) is 13.0 Å². The molecule has 21 heavy (non-hydrogen) atoms. The lowest BCUT2D eigenvalue weighted by Crippen LogP contribution is -2.08. The van der Waals surface area contributed by atoms with E-state index in [0.29, 0.717) is 21.8 Å². The second kappa shape index (κ2) is 5.43. The number of aromatic nitrogens is 1. The minimum atomic E-state index is -0.321. The monoisotopic (exact) mass is 300 g/mol. The Morgan fingerprint density at radius 3 is 2.62 bits per heavy atom. The molecule has 0 saturated carbocycles. The number of pyridine rings is 1. The zero-order valence-electron chi connectivity index (χ0n) is 11.5. The molecule has 1 atom stereocenters. The van der Waals surface area contributed by atoms with E-state index in [4.69, 9.17) is 17.3 Å². The lowest BCUT2D eigenvalue weighted by atomic mass is 9.99. The quantitative estimate of drug-likeness (QED) is 0.744. The molecule has 0 aliphatic carbocycles. The lowest BCUT2D eigenvalue weighted by molar-refractivity contribution is 0.630. The van der Waals surface area contributed by atoms with Crippen molar-refractivity contribution < 1.29 is 4.39 Å². The van der Waals surface area contributed by atoms with Crippen molar-refractivity contribution in [1.82, 2.24) is 4.98 Å². The van der Waals surface area contributed by atoms with E-state index in [2.05, 4.69) is 4.98 Å². The Labute approximate surface area is 127 Å². The predicted octanol–water partition coefficient (Wildman–Crippen LogP) is 4.71. The van der Waals surface area contributed by atoms with Crippen LogP contribution >= 0.6 is 11.6 Å². The average Bonchev–Trinajstić information content (AvgIpc) is 2.47.